The van der Waals surface area contributed by atoms with Crippen LogP contribution in [0.4, 0.5) is 4.79 Å². The molecule has 2 amide bonds. The Morgan fingerprint density at radius 1 is 1.38 bits per heavy atom. The van der Waals surface area contributed by atoms with E-state index in [9.17, 15) is 9.59 Å². The van der Waals surface area contributed by atoms with E-state index in [0.29, 0.717) is 12.6 Å². The summed E-state index contributed by atoms with van der Waals surface area (Å²) in [6, 6.07) is 0.685. The van der Waals surface area contributed by atoms with Crippen LogP contribution in [0.2, 0.25) is 0 Å². The van der Waals surface area contributed by atoms with Gasteiger partial charge >= 0.3 is 12.0 Å². The van der Waals surface area contributed by atoms with Gasteiger partial charge in [0.25, 0.3) is 0 Å². The molecule has 0 saturated carbocycles. The molecule has 0 radical (unpaired) electrons. The first kappa shape index (κ1) is 16.1. The molecule has 2 rings (SSSR count). The van der Waals surface area contributed by atoms with Crippen LogP contribution >= 0.6 is 0 Å². The Morgan fingerprint density at radius 2 is 2.14 bits per heavy atom. The number of carbonyl (C=O) groups excluding carboxylic acids is 1. The molecule has 120 valence electrons. The van der Waals surface area contributed by atoms with Crippen LogP contribution in [0.3, 0.4) is 0 Å². The molecule has 2 N–H and O–H groups in total. The zero-order chi connectivity index (χ0) is 15.4. The fourth-order valence-electron chi connectivity index (χ4n) is 3.41. The molecule has 2 aliphatic rings. The Bertz CT molecular complexity index is 388. The molecule has 21 heavy (non-hydrogen) atoms. The first-order valence-corrected chi connectivity index (χ1v) is 8.01. The van der Waals surface area contributed by atoms with Crippen LogP contribution in [0.25, 0.3) is 0 Å². The third-order valence-corrected chi connectivity index (χ3v) is 4.78. The molecule has 0 aliphatic carbocycles. The largest absolute Gasteiger partial charge is 0.481 e. The smallest absolute Gasteiger partial charge is 0.317 e. The lowest BCUT2D eigenvalue weighted by Crippen LogP contribution is -2.59. The number of nitrogens with one attached hydrogen (secondary N) is 1. The number of aliphatic carboxylic acids is 1. The number of rotatable bonds is 5. The second-order valence-corrected chi connectivity index (χ2v) is 6.35. The number of carboxylic acid groups (broad SMARTS) is 1. The number of hydrogen-bond acceptors (Lipinski definition) is 3. The first-order chi connectivity index (χ1) is 10.0. The van der Waals surface area contributed by atoms with E-state index < -0.39 is 5.97 Å². The third-order valence-electron chi connectivity index (χ3n) is 4.78. The van der Waals surface area contributed by atoms with Crippen molar-refractivity contribution < 1.29 is 14.7 Å². The highest BCUT2D eigenvalue weighted by atomic mass is 16.4. The van der Waals surface area contributed by atoms with Gasteiger partial charge in [-0.25, -0.2) is 4.79 Å². The molecule has 0 spiro atoms. The van der Waals surface area contributed by atoms with Crippen molar-refractivity contribution in [3.05, 3.63) is 0 Å². The fourth-order valence-corrected chi connectivity index (χ4v) is 3.41. The van der Waals surface area contributed by atoms with E-state index in [1.807, 2.05) is 11.8 Å². The van der Waals surface area contributed by atoms with E-state index in [-0.39, 0.29) is 24.4 Å². The molecule has 3 atom stereocenters. The Balaban J connectivity index is 1.83. The van der Waals surface area contributed by atoms with Gasteiger partial charge in [0.05, 0.1) is 0 Å². The molecule has 2 heterocycles. The standard InChI is InChI=1S/C15H27N3O3/c1-3-12(7-14(19)20)8-16-15(21)18-10-13-5-4-6-17(13)9-11(18)2/h11-13H,3-10H2,1-2H3,(H,16,21)(H,19,20). The van der Waals surface area contributed by atoms with Gasteiger partial charge in [-0.1, -0.05) is 13.3 Å². The Hall–Kier alpha value is -1.30. The number of urea groups is 1. The van der Waals surface area contributed by atoms with Crippen molar-refractivity contribution in [2.24, 2.45) is 5.92 Å². The predicted octanol–water partition coefficient (Wildman–Crippen LogP) is 1.37. The van der Waals surface area contributed by atoms with Crippen LogP contribution < -0.4 is 5.32 Å². The number of hydrogen-bond donors (Lipinski definition) is 2. The van der Waals surface area contributed by atoms with Gasteiger partial charge < -0.3 is 15.3 Å². The maximum atomic E-state index is 12.4. The highest BCUT2D eigenvalue weighted by Crippen LogP contribution is 2.24. The quantitative estimate of drug-likeness (QED) is 0.804. The summed E-state index contributed by atoms with van der Waals surface area (Å²) >= 11 is 0. The van der Waals surface area contributed by atoms with Gasteiger partial charge in [-0.2, -0.15) is 0 Å². The van der Waals surface area contributed by atoms with Crippen LogP contribution in [0.5, 0.6) is 0 Å². The summed E-state index contributed by atoms with van der Waals surface area (Å²) < 4.78 is 0. The van der Waals surface area contributed by atoms with E-state index in [0.717, 1.165) is 26.1 Å². The molecule has 0 aromatic rings. The normalized spacial score (nSPS) is 27.2. The van der Waals surface area contributed by atoms with Crippen molar-refractivity contribution in [1.29, 1.82) is 0 Å². The van der Waals surface area contributed by atoms with Crippen molar-refractivity contribution >= 4 is 12.0 Å². The van der Waals surface area contributed by atoms with Gasteiger partial charge in [-0.3, -0.25) is 9.69 Å². The molecule has 0 aromatic heterocycles. The van der Waals surface area contributed by atoms with Crippen LogP contribution in [-0.4, -0.2) is 65.2 Å². The maximum absolute atomic E-state index is 12.4. The number of nitrogens with zero attached hydrogens (tertiary/aromatic N) is 2. The van der Waals surface area contributed by atoms with Crippen LogP contribution in [0.15, 0.2) is 0 Å². The highest BCUT2D eigenvalue weighted by Gasteiger charge is 2.36. The summed E-state index contributed by atoms with van der Waals surface area (Å²) in [6.07, 6.45) is 3.28. The summed E-state index contributed by atoms with van der Waals surface area (Å²) in [5.74, 6) is -0.793. The molecule has 6 nitrogen and oxygen atoms in total. The summed E-state index contributed by atoms with van der Waals surface area (Å²) in [5.41, 5.74) is 0. The summed E-state index contributed by atoms with van der Waals surface area (Å²) in [4.78, 5) is 27.5. The number of amides is 2. The van der Waals surface area contributed by atoms with E-state index in [1.165, 1.54) is 12.8 Å². The summed E-state index contributed by atoms with van der Waals surface area (Å²) in [7, 11) is 0. The molecule has 0 aromatic carbocycles. The second-order valence-electron chi connectivity index (χ2n) is 6.35. The average Bonchev–Trinajstić information content (AvgIpc) is 2.88. The molecule has 0 bridgehead atoms. The zero-order valence-corrected chi connectivity index (χ0v) is 13.0. The predicted molar refractivity (Wildman–Crippen MR) is 80.2 cm³/mol. The van der Waals surface area contributed by atoms with Crippen LogP contribution in [0, 0.1) is 5.92 Å². The average molecular weight is 297 g/mol. The van der Waals surface area contributed by atoms with Crippen molar-refractivity contribution in [2.75, 3.05) is 26.2 Å². The Kier molecular flexibility index (Phi) is 5.45. The second kappa shape index (κ2) is 7.11. The zero-order valence-electron chi connectivity index (χ0n) is 13.0. The Morgan fingerprint density at radius 3 is 2.81 bits per heavy atom. The molecule has 6 heteroatoms. The number of fused-ring (bicyclic) bond motifs is 1. The first-order valence-electron chi connectivity index (χ1n) is 8.01. The number of piperazine rings is 1. The Labute approximate surface area is 126 Å². The minimum Gasteiger partial charge on any atom is -0.481 e. The highest BCUT2D eigenvalue weighted by molar-refractivity contribution is 5.75. The van der Waals surface area contributed by atoms with Crippen molar-refractivity contribution in [3.63, 3.8) is 0 Å². The van der Waals surface area contributed by atoms with Gasteiger partial charge in [0.1, 0.15) is 0 Å². The van der Waals surface area contributed by atoms with Crippen LogP contribution in [-0.2, 0) is 4.79 Å². The molecule has 2 saturated heterocycles. The summed E-state index contributed by atoms with van der Waals surface area (Å²) in [6.45, 7) is 7.38. The molecule has 2 aliphatic heterocycles. The van der Waals surface area contributed by atoms with Gasteiger partial charge in [0, 0.05) is 38.1 Å². The molecular weight excluding hydrogens is 270 g/mol. The lowest BCUT2D eigenvalue weighted by Gasteiger charge is -2.42. The van der Waals surface area contributed by atoms with E-state index >= 15 is 0 Å². The minimum atomic E-state index is -0.802. The van der Waals surface area contributed by atoms with E-state index in [1.54, 1.807) is 0 Å². The van der Waals surface area contributed by atoms with Crippen molar-refractivity contribution in [1.82, 2.24) is 15.1 Å². The SMILES string of the molecule is CCC(CNC(=O)N1CC2CCCN2CC1C)CC(=O)O. The fraction of sp³-hybridized carbons (Fsp3) is 0.867. The monoisotopic (exact) mass is 297 g/mol. The summed E-state index contributed by atoms with van der Waals surface area (Å²) in [5, 5.41) is 11.8. The lowest BCUT2D eigenvalue weighted by atomic mass is 10.0. The lowest BCUT2D eigenvalue weighted by molar-refractivity contribution is -0.138. The van der Waals surface area contributed by atoms with Gasteiger partial charge in [0.15, 0.2) is 0 Å². The molecule has 2 fully saturated rings. The topological polar surface area (TPSA) is 72.9 Å². The number of carboxylic acids is 1. The maximum Gasteiger partial charge on any atom is 0.317 e. The van der Waals surface area contributed by atoms with Gasteiger partial charge in [0.2, 0.25) is 0 Å². The number of carbonyl (C=O) groups is 2. The van der Waals surface area contributed by atoms with Gasteiger partial charge in [-0.05, 0) is 32.2 Å². The minimum absolute atomic E-state index is 0.00882. The van der Waals surface area contributed by atoms with E-state index in [4.69, 9.17) is 5.11 Å². The molecular formula is C15H27N3O3. The van der Waals surface area contributed by atoms with Crippen LogP contribution in [0.1, 0.15) is 39.5 Å². The third kappa shape index (κ3) is 4.09. The molecule has 3 unspecified atom stereocenters. The van der Waals surface area contributed by atoms with Crippen molar-refractivity contribution in [2.45, 2.75) is 51.6 Å². The van der Waals surface area contributed by atoms with E-state index in [2.05, 4.69) is 17.1 Å². The van der Waals surface area contributed by atoms with Gasteiger partial charge in [-0.15, -0.1) is 0 Å². The van der Waals surface area contributed by atoms with Crippen molar-refractivity contribution in [3.8, 4) is 0 Å².